The number of ether oxygens (including phenoxy) is 3. The summed E-state index contributed by atoms with van der Waals surface area (Å²) in [5, 5.41) is 27.0. The fourth-order valence-electron chi connectivity index (χ4n) is 1.91. The Morgan fingerprint density at radius 3 is 1.62 bits per heavy atom. The minimum atomic E-state index is -1.04. The number of aliphatic hydroxyl groups is 3. The standard InChI is InChI=1S/C17H30O9/c1-13(19)24-11-15(21)12-26-17(23)8-6-4-2-3-5-7-16(22)25-10-14(20)9-18/h14-15,18,20-21H,2-12H2,1H3. The first-order valence-electron chi connectivity index (χ1n) is 8.76. The number of rotatable bonds is 15. The number of carbonyl (C=O) groups is 3. The molecule has 0 saturated carbocycles. The average Bonchev–Trinajstić information content (AvgIpc) is 2.61. The van der Waals surface area contributed by atoms with Crippen molar-refractivity contribution in [3.63, 3.8) is 0 Å². The molecule has 2 atom stereocenters. The van der Waals surface area contributed by atoms with E-state index in [-0.39, 0.29) is 32.7 Å². The fourth-order valence-corrected chi connectivity index (χ4v) is 1.91. The zero-order valence-corrected chi connectivity index (χ0v) is 15.2. The molecule has 0 radical (unpaired) electrons. The quantitative estimate of drug-likeness (QED) is 0.205. The van der Waals surface area contributed by atoms with Gasteiger partial charge in [0, 0.05) is 19.8 Å². The Balaban J connectivity index is 3.47. The van der Waals surface area contributed by atoms with Gasteiger partial charge in [0.1, 0.15) is 32.0 Å². The maximum absolute atomic E-state index is 11.5. The van der Waals surface area contributed by atoms with Crippen LogP contribution < -0.4 is 0 Å². The van der Waals surface area contributed by atoms with Crippen LogP contribution in [0.1, 0.15) is 51.9 Å². The van der Waals surface area contributed by atoms with Gasteiger partial charge in [-0.2, -0.15) is 0 Å². The molecule has 3 N–H and O–H groups in total. The third-order valence-corrected chi connectivity index (χ3v) is 3.32. The summed E-state index contributed by atoms with van der Waals surface area (Å²) in [6, 6.07) is 0. The molecule has 0 spiro atoms. The lowest BCUT2D eigenvalue weighted by atomic mass is 10.1. The molecular weight excluding hydrogens is 348 g/mol. The van der Waals surface area contributed by atoms with E-state index in [2.05, 4.69) is 4.74 Å². The molecule has 0 aliphatic carbocycles. The van der Waals surface area contributed by atoms with Gasteiger partial charge < -0.3 is 29.5 Å². The Morgan fingerprint density at radius 1 is 0.731 bits per heavy atom. The predicted octanol–water partition coefficient (Wildman–Crippen LogP) is 0.0807. The van der Waals surface area contributed by atoms with Gasteiger partial charge in [0.05, 0.1) is 6.61 Å². The number of hydrogen-bond donors (Lipinski definition) is 3. The normalized spacial score (nSPS) is 12.9. The van der Waals surface area contributed by atoms with E-state index in [0.29, 0.717) is 12.8 Å². The van der Waals surface area contributed by atoms with Gasteiger partial charge in [-0.25, -0.2) is 0 Å². The summed E-state index contributed by atoms with van der Waals surface area (Å²) in [5.74, 6) is -1.34. The van der Waals surface area contributed by atoms with E-state index in [1.807, 2.05) is 0 Å². The van der Waals surface area contributed by atoms with Gasteiger partial charge in [-0.3, -0.25) is 14.4 Å². The Labute approximate surface area is 153 Å². The lowest BCUT2D eigenvalue weighted by Crippen LogP contribution is -2.24. The molecule has 152 valence electrons. The first-order chi connectivity index (χ1) is 12.3. The first kappa shape index (κ1) is 24.3. The maximum atomic E-state index is 11.5. The molecular formula is C17H30O9. The third-order valence-electron chi connectivity index (χ3n) is 3.32. The van der Waals surface area contributed by atoms with Gasteiger partial charge in [-0.05, 0) is 12.8 Å². The Bertz CT molecular complexity index is 411. The maximum Gasteiger partial charge on any atom is 0.305 e. The van der Waals surface area contributed by atoms with Crippen LogP contribution in [0, 0.1) is 0 Å². The van der Waals surface area contributed by atoms with Crippen LogP contribution in [0.4, 0.5) is 0 Å². The third kappa shape index (κ3) is 15.8. The average molecular weight is 378 g/mol. The number of unbranched alkanes of at least 4 members (excludes halogenated alkanes) is 4. The van der Waals surface area contributed by atoms with E-state index >= 15 is 0 Å². The zero-order valence-electron chi connectivity index (χ0n) is 15.2. The Kier molecular flexibility index (Phi) is 14.5. The van der Waals surface area contributed by atoms with E-state index < -0.39 is 36.7 Å². The highest BCUT2D eigenvalue weighted by Crippen LogP contribution is 2.08. The zero-order chi connectivity index (χ0) is 19.8. The molecule has 0 heterocycles. The summed E-state index contributed by atoms with van der Waals surface area (Å²) in [6.45, 7) is 0.167. The number of aliphatic hydroxyl groups excluding tert-OH is 3. The SMILES string of the molecule is CC(=O)OCC(O)COC(=O)CCCCCCCC(=O)OCC(O)CO. The highest BCUT2D eigenvalue weighted by atomic mass is 16.6. The smallest absolute Gasteiger partial charge is 0.305 e. The predicted molar refractivity (Wildman–Crippen MR) is 90.0 cm³/mol. The van der Waals surface area contributed by atoms with Crippen LogP contribution >= 0.6 is 0 Å². The second kappa shape index (κ2) is 15.5. The first-order valence-corrected chi connectivity index (χ1v) is 8.76. The van der Waals surface area contributed by atoms with Gasteiger partial charge in [0.15, 0.2) is 0 Å². The summed E-state index contributed by atoms with van der Waals surface area (Å²) in [5.41, 5.74) is 0. The van der Waals surface area contributed by atoms with Crippen molar-refractivity contribution in [1.29, 1.82) is 0 Å². The molecule has 0 aromatic rings. The van der Waals surface area contributed by atoms with Crippen molar-refractivity contribution in [2.75, 3.05) is 26.4 Å². The van der Waals surface area contributed by atoms with Crippen LogP contribution in [-0.4, -0.2) is 71.9 Å². The van der Waals surface area contributed by atoms with Gasteiger partial charge >= 0.3 is 17.9 Å². The van der Waals surface area contributed by atoms with Crippen molar-refractivity contribution in [2.45, 2.75) is 64.1 Å². The van der Waals surface area contributed by atoms with E-state index in [1.54, 1.807) is 0 Å². The minimum Gasteiger partial charge on any atom is -0.463 e. The van der Waals surface area contributed by atoms with E-state index in [1.165, 1.54) is 6.92 Å². The Hall–Kier alpha value is -1.71. The van der Waals surface area contributed by atoms with Gasteiger partial charge in [-0.1, -0.05) is 19.3 Å². The molecule has 0 fully saturated rings. The van der Waals surface area contributed by atoms with Crippen molar-refractivity contribution >= 4 is 17.9 Å². The monoisotopic (exact) mass is 378 g/mol. The van der Waals surface area contributed by atoms with Crippen molar-refractivity contribution in [3.05, 3.63) is 0 Å². The number of esters is 3. The van der Waals surface area contributed by atoms with Crippen molar-refractivity contribution in [2.24, 2.45) is 0 Å². The van der Waals surface area contributed by atoms with Crippen LogP contribution in [-0.2, 0) is 28.6 Å². The molecule has 0 rings (SSSR count). The molecule has 0 aliphatic heterocycles. The second-order valence-electron chi connectivity index (χ2n) is 5.93. The van der Waals surface area contributed by atoms with Crippen LogP contribution in [0.25, 0.3) is 0 Å². The number of carbonyl (C=O) groups excluding carboxylic acids is 3. The molecule has 0 aromatic heterocycles. The molecule has 9 nitrogen and oxygen atoms in total. The van der Waals surface area contributed by atoms with Gasteiger partial charge in [0.2, 0.25) is 0 Å². The lowest BCUT2D eigenvalue weighted by Gasteiger charge is -2.11. The fraction of sp³-hybridized carbons (Fsp3) is 0.824. The second-order valence-corrected chi connectivity index (χ2v) is 5.93. The topological polar surface area (TPSA) is 140 Å². The van der Waals surface area contributed by atoms with Crippen LogP contribution in [0.5, 0.6) is 0 Å². The van der Waals surface area contributed by atoms with E-state index in [4.69, 9.17) is 19.7 Å². The largest absolute Gasteiger partial charge is 0.463 e. The van der Waals surface area contributed by atoms with Crippen molar-refractivity contribution < 1.29 is 43.9 Å². The molecule has 2 unspecified atom stereocenters. The number of hydrogen-bond acceptors (Lipinski definition) is 9. The van der Waals surface area contributed by atoms with Crippen LogP contribution in [0.2, 0.25) is 0 Å². The van der Waals surface area contributed by atoms with E-state index in [0.717, 1.165) is 19.3 Å². The van der Waals surface area contributed by atoms with Crippen LogP contribution in [0.3, 0.4) is 0 Å². The summed E-state index contributed by atoms with van der Waals surface area (Å²) in [6.07, 6.45) is 2.20. The molecule has 0 aromatic carbocycles. The molecule has 0 bridgehead atoms. The highest BCUT2D eigenvalue weighted by Gasteiger charge is 2.10. The summed E-state index contributed by atoms with van der Waals surface area (Å²) >= 11 is 0. The lowest BCUT2D eigenvalue weighted by molar-refractivity contribution is -0.151. The summed E-state index contributed by atoms with van der Waals surface area (Å²) in [4.78, 5) is 33.4. The summed E-state index contributed by atoms with van der Waals surface area (Å²) < 4.78 is 14.2. The van der Waals surface area contributed by atoms with Crippen molar-refractivity contribution in [1.82, 2.24) is 0 Å². The van der Waals surface area contributed by atoms with Crippen LogP contribution in [0.15, 0.2) is 0 Å². The Morgan fingerprint density at radius 2 is 1.15 bits per heavy atom. The van der Waals surface area contributed by atoms with Gasteiger partial charge in [0.25, 0.3) is 0 Å². The van der Waals surface area contributed by atoms with Crippen molar-refractivity contribution in [3.8, 4) is 0 Å². The molecule has 0 aliphatic rings. The molecule has 26 heavy (non-hydrogen) atoms. The highest BCUT2D eigenvalue weighted by molar-refractivity contribution is 5.69. The van der Waals surface area contributed by atoms with E-state index in [9.17, 15) is 19.5 Å². The molecule has 0 amide bonds. The minimum absolute atomic E-state index is 0.201. The molecule has 9 heteroatoms. The summed E-state index contributed by atoms with van der Waals surface area (Å²) in [7, 11) is 0. The van der Waals surface area contributed by atoms with Gasteiger partial charge in [-0.15, -0.1) is 0 Å². The molecule has 0 saturated heterocycles.